The topological polar surface area (TPSA) is 37.0 Å². The van der Waals surface area contributed by atoms with Gasteiger partial charge in [-0.15, -0.1) is 0 Å². The Morgan fingerprint density at radius 2 is 2.33 bits per heavy atom. The lowest BCUT2D eigenvalue weighted by atomic mass is 10.2. The van der Waals surface area contributed by atoms with Gasteiger partial charge in [-0.2, -0.15) is 0 Å². The van der Waals surface area contributed by atoms with E-state index >= 15 is 0 Å². The van der Waals surface area contributed by atoms with Gasteiger partial charge in [0.05, 0.1) is 5.70 Å². The molecule has 0 amide bonds. The van der Waals surface area contributed by atoms with E-state index < -0.39 is 0 Å². The van der Waals surface area contributed by atoms with Crippen molar-refractivity contribution in [3.63, 3.8) is 0 Å². The maximum absolute atomic E-state index is 4.03. The van der Waals surface area contributed by atoms with Gasteiger partial charge in [-0.3, -0.25) is 4.98 Å². The van der Waals surface area contributed by atoms with Crippen LogP contribution >= 0.6 is 0 Å². The van der Waals surface area contributed by atoms with Crippen LogP contribution in [0.4, 0.5) is 0 Å². The number of rotatable bonds is 3. The van der Waals surface area contributed by atoms with Gasteiger partial charge >= 0.3 is 0 Å². The highest BCUT2D eigenvalue weighted by Gasteiger charge is 1.95. The van der Waals surface area contributed by atoms with E-state index in [1.165, 1.54) is 0 Å². The molecule has 3 heteroatoms. The second kappa shape index (κ2) is 4.38. The molecule has 0 atom stereocenters. The minimum absolute atomic E-state index is 1.03. The predicted octanol–water partition coefficient (Wildman–Crippen LogP) is 0.819. The standard InChI is InChI=1S/C9H13N3/c1-10-7-9(11-2)8-4-3-5-12-6-8/h3-7,10-11H,1-2H3/b9-7-. The van der Waals surface area contributed by atoms with E-state index in [0.717, 1.165) is 11.3 Å². The Hall–Kier alpha value is -1.51. The molecule has 3 nitrogen and oxygen atoms in total. The summed E-state index contributed by atoms with van der Waals surface area (Å²) in [5.41, 5.74) is 2.11. The molecule has 1 rings (SSSR count). The monoisotopic (exact) mass is 163 g/mol. The van der Waals surface area contributed by atoms with Crippen LogP contribution in [0.3, 0.4) is 0 Å². The zero-order valence-electron chi connectivity index (χ0n) is 7.33. The third kappa shape index (κ3) is 1.99. The lowest BCUT2D eigenvalue weighted by Gasteiger charge is -2.05. The van der Waals surface area contributed by atoms with Crippen LogP contribution in [0.15, 0.2) is 30.7 Å². The summed E-state index contributed by atoms with van der Waals surface area (Å²) in [5, 5.41) is 6.04. The minimum Gasteiger partial charge on any atom is -0.392 e. The lowest BCUT2D eigenvalue weighted by Crippen LogP contribution is -2.08. The first-order valence-electron chi connectivity index (χ1n) is 3.84. The number of hydrogen-bond acceptors (Lipinski definition) is 3. The Morgan fingerprint density at radius 3 is 2.83 bits per heavy atom. The molecular weight excluding hydrogens is 150 g/mol. The molecule has 1 heterocycles. The smallest absolute Gasteiger partial charge is 0.0586 e. The van der Waals surface area contributed by atoms with E-state index in [4.69, 9.17) is 0 Å². The summed E-state index contributed by atoms with van der Waals surface area (Å²) >= 11 is 0. The number of aromatic nitrogens is 1. The molecule has 0 aliphatic heterocycles. The predicted molar refractivity (Wildman–Crippen MR) is 50.3 cm³/mol. The average molecular weight is 163 g/mol. The fraction of sp³-hybridized carbons (Fsp3) is 0.222. The van der Waals surface area contributed by atoms with E-state index in [-0.39, 0.29) is 0 Å². The molecule has 0 aliphatic rings. The molecule has 0 fully saturated rings. The van der Waals surface area contributed by atoms with E-state index in [0.29, 0.717) is 0 Å². The Kier molecular flexibility index (Phi) is 3.14. The number of pyridine rings is 1. The first kappa shape index (κ1) is 8.59. The Bertz CT molecular complexity index is 254. The Balaban J connectivity index is 2.88. The zero-order chi connectivity index (χ0) is 8.81. The van der Waals surface area contributed by atoms with Gasteiger partial charge in [-0.25, -0.2) is 0 Å². The minimum atomic E-state index is 1.03. The van der Waals surface area contributed by atoms with Crippen molar-refractivity contribution in [2.45, 2.75) is 0 Å². The zero-order valence-corrected chi connectivity index (χ0v) is 7.33. The van der Waals surface area contributed by atoms with Crippen LogP contribution in [-0.2, 0) is 0 Å². The molecule has 0 saturated carbocycles. The van der Waals surface area contributed by atoms with E-state index in [1.54, 1.807) is 6.20 Å². The van der Waals surface area contributed by atoms with Gasteiger partial charge < -0.3 is 10.6 Å². The van der Waals surface area contributed by atoms with Gasteiger partial charge in [-0.05, 0) is 12.1 Å². The summed E-state index contributed by atoms with van der Waals surface area (Å²) < 4.78 is 0. The van der Waals surface area contributed by atoms with Crippen LogP contribution in [0, 0.1) is 0 Å². The van der Waals surface area contributed by atoms with Crippen molar-refractivity contribution >= 4 is 5.70 Å². The summed E-state index contributed by atoms with van der Waals surface area (Å²) in [7, 11) is 3.75. The van der Waals surface area contributed by atoms with Crippen LogP contribution in [0.25, 0.3) is 5.70 Å². The first-order valence-corrected chi connectivity index (χ1v) is 3.84. The maximum atomic E-state index is 4.03. The molecule has 12 heavy (non-hydrogen) atoms. The summed E-state index contributed by atoms with van der Waals surface area (Å²) in [6, 6.07) is 3.92. The normalized spacial score (nSPS) is 11.0. The van der Waals surface area contributed by atoms with Crippen LogP contribution in [0.5, 0.6) is 0 Å². The highest BCUT2D eigenvalue weighted by molar-refractivity contribution is 5.62. The van der Waals surface area contributed by atoms with Gasteiger partial charge in [0.15, 0.2) is 0 Å². The quantitative estimate of drug-likeness (QED) is 0.692. The van der Waals surface area contributed by atoms with Crippen LogP contribution in [0.1, 0.15) is 5.56 Å². The summed E-state index contributed by atoms with van der Waals surface area (Å²) in [6.45, 7) is 0. The number of hydrogen-bond donors (Lipinski definition) is 2. The molecule has 0 radical (unpaired) electrons. The third-order valence-electron chi connectivity index (χ3n) is 1.53. The SMILES string of the molecule is CN/C=C(\NC)c1cccnc1. The molecule has 0 saturated heterocycles. The van der Waals surface area contributed by atoms with Crippen LogP contribution in [-0.4, -0.2) is 19.1 Å². The third-order valence-corrected chi connectivity index (χ3v) is 1.53. The van der Waals surface area contributed by atoms with Gasteiger partial charge in [-0.1, -0.05) is 0 Å². The number of nitrogens with one attached hydrogen (secondary N) is 2. The van der Waals surface area contributed by atoms with Gasteiger partial charge in [0, 0.05) is 38.3 Å². The Labute approximate surface area is 72.5 Å². The van der Waals surface area contributed by atoms with Crippen molar-refractivity contribution in [3.8, 4) is 0 Å². The summed E-state index contributed by atoms with van der Waals surface area (Å²) in [4.78, 5) is 4.03. The van der Waals surface area contributed by atoms with Crippen molar-refractivity contribution in [1.29, 1.82) is 0 Å². The Morgan fingerprint density at radius 1 is 1.50 bits per heavy atom. The van der Waals surface area contributed by atoms with Gasteiger partial charge in [0.2, 0.25) is 0 Å². The van der Waals surface area contributed by atoms with Crippen molar-refractivity contribution < 1.29 is 0 Å². The second-order valence-corrected chi connectivity index (χ2v) is 2.34. The fourth-order valence-electron chi connectivity index (χ4n) is 0.966. The molecule has 1 aromatic rings. The second-order valence-electron chi connectivity index (χ2n) is 2.34. The van der Waals surface area contributed by atoms with Crippen molar-refractivity contribution in [3.05, 3.63) is 36.3 Å². The molecule has 0 spiro atoms. The fourth-order valence-corrected chi connectivity index (χ4v) is 0.966. The summed E-state index contributed by atoms with van der Waals surface area (Å²) in [5.74, 6) is 0. The molecular formula is C9H13N3. The van der Waals surface area contributed by atoms with Crippen LogP contribution < -0.4 is 10.6 Å². The van der Waals surface area contributed by atoms with Crippen LogP contribution in [0.2, 0.25) is 0 Å². The molecule has 0 bridgehead atoms. The molecule has 0 aliphatic carbocycles. The number of nitrogens with zero attached hydrogens (tertiary/aromatic N) is 1. The summed E-state index contributed by atoms with van der Waals surface area (Å²) in [6.07, 6.45) is 5.48. The highest BCUT2D eigenvalue weighted by Crippen LogP contribution is 2.06. The van der Waals surface area contributed by atoms with Gasteiger partial charge in [0.25, 0.3) is 0 Å². The molecule has 0 aromatic carbocycles. The van der Waals surface area contributed by atoms with E-state index in [9.17, 15) is 0 Å². The molecule has 64 valence electrons. The first-order chi connectivity index (χ1) is 5.88. The van der Waals surface area contributed by atoms with E-state index in [1.807, 2.05) is 38.6 Å². The highest BCUT2D eigenvalue weighted by atomic mass is 14.9. The maximum Gasteiger partial charge on any atom is 0.0586 e. The largest absolute Gasteiger partial charge is 0.392 e. The molecule has 2 N–H and O–H groups in total. The van der Waals surface area contributed by atoms with Crippen molar-refractivity contribution in [2.24, 2.45) is 0 Å². The molecule has 0 unspecified atom stereocenters. The van der Waals surface area contributed by atoms with Crippen molar-refractivity contribution in [2.75, 3.05) is 14.1 Å². The van der Waals surface area contributed by atoms with Crippen molar-refractivity contribution in [1.82, 2.24) is 15.6 Å². The lowest BCUT2D eigenvalue weighted by molar-refractivity contribution is 1.05. The van der Waals surface area contributed by atoms with E-state index in [2.05, 4.69) is 15.6 Å². The van der Waals surface area contributed by atoms with Gasteiger partial charge in [0.1, 0.15) is 0 Å². The molecule has 1 aromatic heterocycles. The average Bonchev–Trinajstić information content (AvgIpc) is 2.15.